The van der Waals surface area contributed by atoms with Crippen molar-refractivity contribution in [3.63, 3.8) is 0 Å². The Kier molecular flexibility index (Phi) is 10.9. The molecule has 1 aromatic rings. The zero-order valence-corrected chi connectivity index (χ0v) is 17.1. The van der Waals surface area contributed by atoms with Crippen LogP contribution in [0.2, 0.25) is 0 Å². The first-order valence-electron chi connectivity index (χ1n) is 7.44. The van der Waals surface area contributed by atoms with Gasteiger partial charge in [0.1, 0.15) is 5.75 Å². The van der Waals surface area contributed by atoms with Gasteiger partial charge in [-0.3, -0.25) is 4.79 Å². The standard InChI is InChI=1S/C17H26N4O2.HI/c1-6-7-18-17(20-12-16(22)21(3)4)19-11-14-8-13(2)9-15(10-14)23-5;/h6,8-10H,1,7,11-12H2,2-5H3,(H2,18,19,20);1H. The molecule has 0 heterocycles. The van der Waals surface area contributed by atoms with Gasteiger partial charge in [-0.05, 0) is 30.2 Å². The number of likely N-dealkylation sites (N-methyl/N-ethyl adjacent to an activating group) is 1. The predicted octanol–water partition coefficient (Wildman–Crippen LogP) is 1.93. The van der Waals surface area contributed by atoms with E-state index in [4.69, 9.17) is 4.74 Å². The molecule has 0 aliphatic carbocycles. The topological polar surface area (TPSA) is 66.0 Å². The number of hydrogen-bond donors (Lipinski definition) is 2. The van der Waals surface area contributed by atoms with Crippen LogP contribution >= 0.6 is 24.0 Å². The molecule has 0 radical (unpaired) electrons. The van der Waals surface area contributed by atoms with E-state index in [1.54, 1.807) is 27.3 Å². The summed E-state index contributed by atoms with van der Waals surface area (Å²) >= 11 is 0. The molecular formula is C17H27IN4O2. The second kappa shape index (κ2) is 11.7. The lowest BCUT2D eigenvalue weighted by atomic mass is 10.1. The normalized spacial score (nSPS) is 10.4. The minimum absolute atomic E-state index is 0. The maximum Gasteiger partial charge on any atom is 0.241 e. The van der Waals surface area contributed by atoms with E-state index in [9.17, 15) is 4.79 Å². The third-order valence-corrected chi connectivity index (χ3v) is 3.09. The number of hydrogen-bond acceptors (Lipinski definition) is 3. The van der Waals surface area contributed by atoms with Gasteiger partial charge in [-0.15, -0.1) is 30.6 Å². The molecule has 0 aromatic heterocycles. The number of benzene rings is 1. The number of rotatable bonds is 7. The van der Waals surface area contributed by atoms with Crippen LogP contribution in [0.1, 0.15) is 11.1 Å². The Morgan fingerprint density at radius 2 is 2.04 bits per heavy atom. The lowest BCUT2D eigenvalue weighted by Gasteiger charge is -2.14. The van der Waals surface area contributed by atoms with Gasteiger partial charge in [0.15, 0.2) is 5.96 Å². The van der Waals surface area contributed by atoms with Gasteiger partial charge in [-0.25, -0.2) is 4.99 Å². The SMILES string of the molecule is C=CCNC(=NCc1cc(C)cc(OC)c1)NCC(=O)N(C)C.I. The van der Waals surface area contributed by atoms with Crippen molar-refractivity contribution < 1.29 is 9.53 Å². The molecule has 7 heteroatoms. The number of nitrogens with zero attached hydrogens (tertiary/aromatic N) is 2. The molecule has 6 nitrogen and oxygen atoms in total. The number of amides is 1. The summed E-state index contributed by atoms with van der Waals surface area (Å²) in [6, 6.07) is 5.98. The molecule has 0 atom stereocenters. The molecule has 24 heavy (non-hydrogen) atoms. The van der Waals surface area contributed by atoms with E-state index in [0.717, 1.165) is 16.9 Å². The van der Waals surface area contributed by atoms with Gasteiger partial charge in [0.2, 0.25) is 5.91 Å². The maximum atomic E-state index is 11.7. The Morgan fingerprint density at radius 3 is 2.62 bits per heavy atom. The molecule has 0 saturated heterocycles. The number of carbonyl (C=O) groups excluding carboxylic acids is 1. The first kappa shape index (κ1) is 22.2. The number of guanidine groups is 1. The summed E-state index contributed by atoms with van der Waals surface area (Å²) in [4.78, 5) is 17.7. The fourth-order valence-corrected chi connectivity index (χ4v) is 1.86. The van der Waals surface area contributed by atoms with Gasteiger partial charge in [0.05, 0.1) is 20.2 Å². The number of aryl methyl sites for hydroxylation is 1. The Morgan fingerprint density at radius 1 is 1.33 bits per heavy atom. The minimum Gasteiger partial charge on any atom is -0.497 e. The number of methoxy groups -OCH3 is 1. The summed E-state index contributed by atoms with van der Waals surface area (Å²) in [5.41, 5.74) is 2.16. The van der Waals surface area contributed by atoms with Crippen LogP contribution in [-0.4, -0.2) is 51.1 Å². The van der Waals surface area contributed by atoms with Gasteiger partial charge in [0.25, 0.3) is 0 Å². The van der Waals surface area contributed by atoms with Crippen molar-refractivity contribution in [2.45, 2.75) is 13.5 Å². The molecule has 0 aliphatic rings. The number of halogens is 1. The highest BCUT2D eigenvalue weighted by molar-refractivity contribution is 14.0. The zero-order chi connectivity index (χ0) is 17.2. The van der Waals surface area contributed by atoms with Crippen LogP contribution < -0.4 is 15.4 Å². The van der Waals surface area contributed by atoms with Crippen LogP contribution in [0.3, 0.4) is 0 Å². The van der Waals surface area contributed by atoms with E-state index < -0.39 is 0 Å². The fraction of sp³-hybridized carbons (Fsp3) is 0.412. The Bertz CT molecular complexity index is 574. The van der Waals surface area contributed by atoms with Crippen molar-refractivity contribution in [3.05, 3.63) is 42.0 Å². The van der Waals surface area contributed by atoms with Crippen LogP contribution in [0.15, 0.2) is 35.8 Å². The molecule has 0 bridgehead atoms. The van der Waals surface area contributed by atoms with E-state index in [0.29, 0.717) is 19.0 Å². The smallest absolute Gasteiger partial charge is 0.241 e. The first-order chi connectivity index (χ1) is 11.0. The van der Waals surface area contributed by atoms with Gasteiger partial charge < -0.3 is 20.3 Å². The second-order valence-electron chi connectivity index (χ2n) is 5.33. The van der Waals surface area contributed by atoms with E-state index in [1.807, 2.05) is 19.1 Å². The van der Waals surface area contributed by atoms with Crippen molar-refractivity contribution >= 4 is 35.8 Å². The zero-order valence-electron chi connectivity index (χ0n) is 14.8. The molecule has 0 saturated carbocycles. The van der Waals surface area contributed by atoms with Crippen molar-refractivity contribution in [1.82, 2.24) is 15.5 Å². The van der Waals surface area contributed by atoms with E-state index in [2.05, 4.69) is 28.3 Å². The van der Waals surface area contributed by atoms with Crippen LogP contribution in [0, 0.1) is 6.92 Å². The van der Waals surface area contributed by atoms with Crippen LogP contribution in [0.4, 0.5) is 0 Å². The number of carbonyl (C=O) groups is 1. The summed E-state index contributed by atoms with van der Waals surface area (Å²) in [5, 5.41) is 6.11. The van der Waals surface area contributed by atoms with Gasteiger partial charge in [0, 0.05) is 20.6 Å². The van der Waals surface area contributed by atoms with Crippen LogP contribution in [-0.2, 0) is 11.3 Å². The second-order valence-corrected chi connectivity index (χ2v) is 5.33. The molecule has 0 spiro atoms. The monoisotopic (exact) mass is 446 g/mol. The maximum absolute atomic E-state index is 11.7. The van der Waals surface area contributed by atoms with Crippen molar-refractivity contribution in [2.24, 2.45) is 4.99 Å². The average molecular weight is 446 g/mol. The third kappa shape index (κ3) is 8.19. The summed E-state index contributed by atoms with van der Waals surface area (Å²) in [6.07, 6.45) is 1.74. The molecule has 2 N–H and O–H groups in total. The Hall–Kier alpha value is -1.77. The van der Waals surface area contributed by atoms with Crippen molar-refractivity contribution in [2.75, 3.05) is 34.3 Å². The molecule has 0 unspecified atom stereocenters. The Labute approximate surface area is 161 Å². The summed E-state index contributed by atoms with van der Waals surface area (Å²) in [7, 11) is 5.08. The van der Waals surface area contributed by atoms with Crippen LogP contribution in [0.5, 0.6) is 5.75 Å². The summed E-state index contributed by atoms with van der Waals surface area (Å²) in [6.45, 7) is 6.93. The molecule has 1 rings (SSSR count). The van der Waals surface area contributed by atoms with Crippen molar-refractivity contribution in [3.8, 4) is 5.75 Å². The van der Waals surface area contributed by atoms with E-state index >= 15 is 0 Å². The minimum atomic E-state index is -0.0182. The third-order valence-electron chi connectivity index (χ3n) is 3.09. The lowest BCUT2D eigenvalue weighted by molar-refractivity contribution is -0.127. The molecule has 1 aromatic carbocycles. The fourth-order valence-electron chi connectivity index (χ4n) is 1.86. The summed E-state index contributed by atoms with van der Waals surface area (Å²) in [5.74, 6) is 1.36. The number of nitrogens with one attached hydrogen (secondary N) is 2. The van der Waals surface area contributed by atoms with E-state index in [-0.39, 0.29) is 36.4 Å². The van der Waals surface area contributed by atoms with Gasteiger partial charge in [-0.1, -0.05) is 12.1 Å². The molecule has 134 valence electrons. The predicted molar refractivity (Wildman–Crippen MR) is 109 cm³/mol. The molecule has 0 aliphatic heterocycles. The van der Waals surface area contributed by atoms with E-state index in [1.165, 1.54) is 4.90 Å². The van der Waals surface area contributed by atoms with Crippen molar-refractivity contribution in [1.29, 1.82) is 0 Å². The van der Waals surface area contributed by atoms with Gasteiger partial charge in [-0.2, -0.15) is 0 Å². The molecule has 0 fully saturated rings. The quantitative estimate of drug-likeness (QED) is 0.291. The highest BCUT2D eigenvalue weighted by atomic mass is 127. The average Bonchev–Trinajstić information content (AvgIpc) is 2.53. The highest BCUT2D eigenvalue weighted by Gasteiger charge is 2.05. The van der Waals surface area contributed by atoms with Crippen LogP contribution in [0.25, 0.3) is 0 Å². The van der Waals surface area contributed by atoms with Gasteiger partial charge >= 0.3 is 0 Å². The highest BCUT2D eigenvalue weighted by Crippen LogP contribution is 2.16. The molecule has 1 amide bonds. The summed E-state index contributed by atoms with van der Waals surface area (Å²) < 4.78 is 5.27. The first-order valence-corrected chi connectivity index (χ1v) is 7.44. The Balaban J connectivity index is 0.00000529. The number of aliphatic imine (C=N–C) groups is 1. The largest absolute Gasteiger partial charge is 0.497 e. The lowest BCUT2D eigenvalue weighted by Crippen LogP contribution is -2.43. The number of ether oxygens (including phenoxy) is 1. The molecular weight excluding hydrogens is 419 g/mol.